The Balaban J connectivity index is 1.54. The number of anilines is 2. The van der Waals surface area contributed by atoms with E-state index in [1.807, 2.05) is 36.1 Å². The minimum Gasteiger partial charge on any atom is -0.372 e. The Kier molecular flexibility index (Phi) is 5.64. The predicted molar refractivity (Wildman–Crippen MR) is 101 cm³/mol. The number of rotatable bonds is 6. The van der Waals surface area contributed by atoms with E-state index >= 15 is 0 Å². The van der Waals surface area contributed by atoms with Crippen molar-refractivity contribution < 1.29 is 13.2 Å². The van der Waals surface area contributed by atoms with Gasteiger partial charge in [-0.2, -0.15) is 0 Å². The number of amides is 1. The summed E-state index contributed by atoms with van der Waals surface area (Å²) in [5.41, 5.74) is 1.98. The van der Waals surface area contributed by atoms with Crippen molar-refractivity contribution in [2.75, 3.05) is 47.9 Å². The van der Waals surface area contributed by atoms with Crippen LogP contribution >= 0.6 is 0 Å². The summed E-state index contributed by atoms with van der Waals surface area (Å²) in [4.78, 5) is 16.6. The Morgan fingerprint density at radius 1 is 1.24 bits per heavy atom. The number of hydrogen-bond acceptors (Lipinski definition) is 5. The summed E-state index contributed by atoms with van der Waals surface area (Å²) in [5, 5.41) is 2.92. The molecule has 2 fully saturated rings. The maximum Gasteiger partial charge on any atom is 0.238 e. The maximum absolute atomic E-state index is 12.3. The fourth-order valence-corrected chi connectivity index (χ4v) is 5.44. The van der Waals surface area contributed by atoms with E-state index in [1.165, 1.54) is 18.5 Å². The Hall–Kier alpha value is -1.60. The second-order valence-corrected chi connectivity index (χ2v) is 9.14. The number of benzene rings is 1. The summed E-state index contributed by atoms with van der Waals surface area (Å²) in [6.45, 7) is 5.05. The third-order valence-electron chi connectivity index (χ3n) is 5.10. The molecule has 2 saturated heterocycles. The first-order valence-corrected chi connectivity index (χ1v) is 10.9. The second-order valence-electron chi connectivity index (χ2n) is 6.91. The fraction of sp³-hybridized carbons (Fsp3) is 0.611. The van der Waals surface area contributed by atoms with Crippen LogP contribution in [0.4, 0.5) is 11.4 Å². The minimum absolute atomic E-state index is 0.0432. The van der Waals surface area contributed by atoms with Gasteiger partial charge in [-0.3, -0.25) is 9.69 Å². The van der Waals surface area contributed by atoms with E-state index < -0.39 is 9.84 Å². The molecule has 1 amide bonds. The molecular weight excluding hydrogens is 338 g/mol. The van der Waals surface area contributed by atoms with Gasteiger partial charge in [0.05, 0.1) is 18.1 Å². The number of likely N-dealkylation sites (N-methyl/N-ethyl adjacent to an activating group) is 1. The lowest BCUT2D eigenvalue weighted by Gasteiger charge is -2.25. The van der Waals surface area contributed by atoms with Gasteiger partial charge in [0.1, 0.15) is 0 Å². The number of sulfone groups is 1. The van der Waals surface area contributed by atoms with Crippen molar-refractivity contribution in [3.63, 3.8) is 0 Å². The van der Waals surface area contributed by atoms with Crippen molar-refractivity contribution in [1.82, 2.24) is 4.90 Å². The third-order valence-corrected chi connectivity index (χ3v) is 6.85. The Labute approximate surface area is 150 Å². The van der Waals surface area contributed by atoms with Gasteiger partial charge in [0, 0.05) is 30.5 Å². The van der Waals surface area contributed by atoms with E-state index in [-0.39, 0.29) is 30.0 Å². The molecule has 0 spiro atoms. The van der Waals surface area contributed by atoms with E-state index in [9.17, 15) is 13.2 Å². The lowest BCUT2D eigenvalue weighted by atomic mass is 10.2. The second kappa shape index (κ2) is 7.74. The highest BCUT2D eigenvalue weighted by Gasteiger charge is 2.32. The summed E-state index contributed by atoms with van der Waals surface area (Å²) in [7, 11) is -2.94. The normalized spacial score (nSPS) is 22.5. The van der Waals surface area contributed by atoms with Crippen LogP contribution in [-0.4, -0.2) is 63.0 Å². The summed E-state index contributed by atoms with van der Waals surface area (Å²) in [6, 6.07) is 7.91. The first-order chi connectivity index (χ1) is 12.0. The standard InChI is InChI=1S/C18H27N3O3S/c1-2-20(17-9-12-25(23,24)14-17)13-18(22)19-15-5-7-16(8-6-15)21-10-3-4-11-21/h5-8,17H,2-4,9-14H2,1H3,(H,19,22). The molecule has 1 N–H and O–H groups in total. The number of carbonyl (C=O) groups excluding carboxylic acids is 1. The Bertz CT molecular complexity index is 697. The number of carbonyl (C=O) groups is 1. The molecule has 0 aliphatic carbocycles. The Morgan fingerprint density at radius 3 is 2.48 bits per heavy atom. The molecule has 2 aliphatic rings. The van der Waals surface area contributed by atoms with E-state index in [0.29, 0.717) is 13.0 Å². The Morgan fingerprint density at radius 2 is 1.92 bits per heavy atom. The summed E-state index contributed by atoms with van der Waals surface area (Å²) in [5.74, 6) is 0.298. The van der Waals surface area contributed by atoms with Crippen LogP contribution in [-0.2, 0) is 14.6 Å². The topological polar surface area (TPSA) is 69.7 Å². The molecule has 1 atom stereocenters. The maximum atomic E-state index is 12.3. The van der Waals surface area contributed by atoms with E-state index in [4.69, 9.17) is 0 Å². The third kappa shape index (κ3) is 4.73. The molecule has 0 radical (unpaired) electrons. The van der Waals surface area contributed by atoms with E-state index in [0.717, 1.165) is 18.8 Å². The van der Waals surface area contributed by atoms with Crippen LogP contribution in [0.2, 0.25) is 0 Å². The zero-order chi connectivity index (χ0) is 17.9. The SMILES string of the molecule is CCN(CC(=O)Nc1ccc(N2CCCC2)cc1)C1CCS(=O)(=O)C1. The molecule has 0 saturated carbocycles. The lowest BCUT2D eigenvalue weighted by Crippen LogP contribution is -2.41. The van der Waals surface area contributed by atoms with Gasteiger partial charge in [-0.15, -0.1) is 0 Å². The molecule has 1 aromatic carbocycles. The van der Waals surface area contributed by atoms with Gasteiger partial charge in [-0.05, 0) is 50.1 Å². The molecule has 138 valence electrons. The van der Waals surface area contributed by atoms with Crippen LogP contribution in [0, 0.1) is 0 Å². The number of nitrogens with zero attached hydrogens (tertiary/aromatic N) is 2. The molecule has 1 aromatic rings. The van der Waals surface area contributed by atoms with Gasteiger partial charge in [-0.25, -0.2) is 8.42 Å². The molecule has 3 rings (SSSR count). The van der Waals surface area contributed by atoms with Crippen LogP contribution in [0.15, 0.2) is 24.3 Å². The molecule has 0 aromatic heterocycles. The molecule has 2 aliphatic heterocycles. The van der Waals surface area contributed by atoms with Crippen molar-refractivity contribution in [3.05, 3.63) is 24.3 Å². The van der Waals surface area contributed by atoms with E-state index in [1.54, 1.807) is 0 Å². The molecule has 7 heteroatoms. The van der Waals surface area contributed by atoms with Crippen LogP contribution in [0.5, 0.6) is 0 Å². The van der Waals surface area contributed by atoms with Crippen LogP contribution in [0.25, 0.3) is 0 Å². The van der Waals surface area contributed by atoms with Gasteiger partial charge < -0.3 is 10.2 Å². The van der Waals surface area contributed by atoms with Crippen molar-refractivity contribution in [3.8, 4) is 0 Å². The molecular formula is C18H27N3O3S. The summed E-state index contributed by atoms with van der Waals surface area (Å²) < 4.78 is 23.3. The molecule has 2 heterocycles. The molecule has 6 nitrogen and oxygen atoms in total. The number of nitrogens with one attached hydrogen (secondary N) is 1. The first-order valence-electron chi connectivity index (χ1n) is 9.06. The average Bonchev–Trinajstić information content (AvgIpc) is 3.23. The monoisotopic (exact) mass is 365 g/mol. The average molecular weight is 365 g/mol. The van der Waals surface area contributed by atoms with Gasteiger partial charge in [0.25, 0.3) is 0 Å². The smallest absolute Gasteiger partial charge is 0.238 e. The summed E-state index contributed by atoms with van der Waals surface area (Å²) in [6.07, 6.45) is 3.10. The molecule has 25 heavy (non-hydrogen) atoms. The number of hydrogen-bond donors (Lipinski definition) is 1. The zero-order valence-electron chi connectivity index (χ0n) is 14.8. The lowest BCUT2D eigenvalue weighted by molar-refractivity contribution is -0.117. The van der Waals surface area contributed by atoms with Crippen molar-refractivity contribution >= 4 is 27.1 Å². The molecule has 0 bridgehead atoms. The zero-order valence-corrected chi connectivity index (χ0v) is 15.6. The molecule has 1 unspecified atom stereocenters. The quantitative estimate of drug-likeness (QED) is 0.831. The van der Waals surface area contributed by atoms with Gasteiger partial charge in [0.15, 0.2) is 9.84 Å². The first kappa shape index (κ1) is 18.2. The highest BCUT2D eigenvalue weighted by atomic mass is 32.2. The van der Waals surface area contributed by atoms with E-state index in [2.05, 4.69) is 10.2 Å². The van der Waals surface area contributed by atoms with Gasteiger partial charge >= 0.3 is 0 Å². The highest BCUT2D eigenvalue weighted by Crippen LogP contribution is 2.22. The van der Waals surface area contributed by atoms with Crippen molar-refractivity contribution in [2.45, 2.75) is 32.2 Å². The van der Waals surface area contributed by atoms with Crippen LogP contribution in [0.1, 0.15) is 26.2 Å². The largest absolute Gasteiger partial charge is 0.372 e. The summed E-state index contributed by atoms with van der Waals surface area (Å²) >= 11 is 0. The highest BCUT2D eigenvalue weighted by molar-refractivity contribution is 7.91. The van der Waals surface area contributed by atoms with Crippen LogP contribution < -0.4 is 10.2 Å². The van der Waals surface area contributed by atoms with Crippen LogP contribution in [0.3, 0.4) is 0 Å². The predicted octanol–water partition coefficient (Wildman–Crippen LogP) is 1.73. The fourth-order valence-electron chi connectivity index (χ4n) is 3.68. The van der Waals surface area contributed by atoms with Gasteiger partial charge in [-0.1, -0.05) is 6.92 Å². The van der Waals surface area contributed by atoms with Gasteiger partial charge in [0.2, 0.25) is 5.91 Å². The minimum atomic E-state index is -2.94. The van der Waals surface area contributed by atoms with Crippen molar-refractivity contribution in [2.24, 2.45) is 0 Å². The van der Waals surface area contributed by atoms with Crippen molar-refractivity contribution in [1.29, 1.82) is 0 Å².